The van der Waals surface area contributed by atoms with Gasteiger partial charge < -0.3 is 5.73 Å². The first kappa shape index (κ1) is 27.1. The van der Waals surface area contributed by atoms with Crippen molar-refractivity contribution in [2.75, 3.05) is 5.73 Å². The lowest BCUT2D eigenvalue weighted by atomic mass is 9.93. The van der Waals surface area contributed by atoms with Crippen LogP contribution in [-0.2, 0) is 0 Å². The van der Waals surface area contributed by atoms with Gasteiger partial charge >= 0.3 is 0 Å². The smallest absolute Gasteiger partial charge is 0.0705 e. The maximum Gasteiger partial charge on any atom is 0.0705 e. The second kappa shape index (κ2) is 11.5. The molecule has 0 aliphatic heterocycles. The highest BCUT2D eigenvalue weighted by Gasteiger charge is 2.22. The van der Waals surface area contributed by atoms with Crippen LogP contribution in [0.4, 0.5) is 5.69 Å². The Hall–Kier alpha value is -5.73. The predicted octanol–water partition coefficient (Wildman–Crippen LogP) is 10.8. The number of benzene rings is 7. The average molecular weight is 565 g/mol. The summed E-state index contributed by atoms with van der Waals surface area (Å²) in [5, 5.41) is 10.7. The largest absolute Gasteiger partial charge is 0.398 e. The fraction of sp³-hybridized carbons (Fsp3) is 0.0238. The summed E-state index contributed by atoms with van der Waals surface area (Å²) in [6.45, 7) is 2.13. The zero-order valence-corrected chi connectivity index (χ0v) is 24.6. The normalized spacial score (nSPS) is 11.0. The third-order valence-corrected chi connectivity index (χ3v) is 8.42. The van der Waals surface area contributed by atoms with Gasteiger partial charge in [0, 0.05) is 16.8 Å². The number of hydrogen-bond donors (Lipinski definition) is 2. The monoisotopic (exact) mass is 564 g/mol. The number of para-hydroxylation sites is 1. The number of nitrogen functional groups attached to an aromatic ring is 1. The number of hydrogen-bond acceptors (Lipinski definition) is 2. The van der Waals surface area contributed by atoms with Crippen LogP contribution in [0.25, 0.3) is 55.3 Å². The Balaban J connectivity index is 0.000000176. The van der Waals surface area contributed by atoms with E-state index in [4.69, 9.17) is 11.1 Å². The molecule has 0 saturated carbocycles. The molecule has 8 rings (SSSR count). The van der Waals surface area contributed by atoms with Crippen LogP contribution in [0.3, 0.4) is 0 Å². The fourth-order valence-corrected chi connectivity index (χ4v) is 6.13. The zero-order chi connectivity index (χ0) is 30.0. The van der Waals surface area contributed by atoms with Crippen molar-refractivity contribution in [3.05, 3.63) is 174 Å². The number of fused-ring (bicyclic) bond motifs is 3. The molecule has 2 nitrogen and oxygen atoms in total. The summed E-state index contributed by atoms with van der Waals surface area (Å²) < 4.78 is 0. The highest BCUT2D eigenvalue weighted by molar-refractivity contribution is 6.18. The van der Waals surface area contributed by atoms with Gasteiger partial charge in [0.05, 0.1) is 5.71 Å². The molecule has 0 radical (unpaired) electrons. The Labute approximate surface area is 258 Å². The van der Waals surface area contributed by atoms with E-state index in [1.165, 1.54) is 60.8 Å². The summed E-state index contributed by atoms with van der Waals surface area (Å²) in [5.74, 6) is 0. The summed E-state index contributed by atoms with van der Waals surface area (Å²) in [6.07, 6.45) is 0. The van der Waals surface area contributed by atoms with E-state index < -0.39 is 0 Å². The van der Waals surface area contributed by atoms with E-state index in [2.05, 4.69) is 110 Å². The standard InChI is InChI=1S/C29H20.C13H12N2/c1-19-9-11-20(12-10-19)21-13-15-22(16-14-21)23-17-18-28-25-6-3-2-5-24(25)27-8-4-7-26(23)29(27)28;14-12-9-5-4-8-11(12)13(15)10-6-2-1-3-7-10/h2-18H,1H3;1-9,15H,14H2. The quantitative estimate of drug-likeness (QED) is 0.162. The van der Waals surface area contributed by atoms with Gasteiger partial charge in [-0.15, -0.1) is 0 Å². The molecule has 1 aliphatic carbocycles. The van der Waals surface area contributed by atoms with Crippen molar-refractivity contribution in [2.45, 2.75) is 6.92 Å². The van der Waals surface area contributed by atoms with Crippen LogP contribution in [-0.4, -0.2) is 5.71 Å². The lowest BCUT2D eigenvalue weighted by Gasteiger charge is -2.11. The molecule has 0 atom stereocenters. The number of anilines is 1. The number of rotatable bonds is 4. The van der Waals surface area contributed by atoms with Gasteiger partial charge in [-0.2, -0.15) is 0 Å². The van der Waals surface area contributed by atoms with Gasteiger partial charge in [-0.1, -0.05) is 157 Å². The van der Waals surface area contributed by atoms with Crippen molar-refractivity contribution in [3.8, 4) is 44.5 Å². The Morgan fingerprint density at radius 1 is 0.455 bits per heavy atom. The molecule has 0 unspecified atom stereocenters. The minimum atomic E-state index is 0.466. The minimum absolute atomic E-state index is 0.466. The number of nitrogens with one attached hydrogen (secondary N) is 1. The van der Waals surface area contributed by atoms with Gasteiger partial charge in [0.2, 0.25) is 0 Å². The van der Waals surface area contributed by atoms with Gasteiger partial charge in [-0.25, -0.2) is 0 Å². The maximum absolute atomic E-state index is 8.03. The molecule has 44 heavy (non-hydrogen) atoms. The first-order valence-electron chi connectivity index (χ1n) is 14.9. The molecule has 0 bridgehead atoms. The highest BCUT2D eigenvalue weighted by atomic mass is 14.6. The molecule has 0 fully saturated rings. The molecule has 0 aromatic heterocycles. The topological polar surface area (TPSA) is 49.9 Å². The second-order valence-corrected chi connectivity index (χ2v) is 11.2. The molecule has 0 amide bonds. The summed E-state index contributed by atoms with van der Waals surface area (Å²) in [6, 6.07) is 54.8. The first-order chi connectivity index (χ1) is 21.6. The van der Waals surface area contributed by atoms with Crippen LogP contribution in [0.15, 0.2) is 158 Å². The van der Waals surface area contributed by atoms with E-state index in [9.17, 15) is 0 Å². The van der Waals surface area contributed by atoms with Gasteiger partial charge in [0.25, 0.3) is 0 Å². The first-order valence-corrected chi connectivity index (χ1v) is 14.9. The molecule has 3 N–H and O–H groups in total. The highest BCUT2D eigenvalue weighted by Crippen LogP contribution is 2.49. The third-order valence-electron chi connectivity index (χ3n) is 8.42. The van der Waals surface area contributed by atoms with Crippen molar-refractivity contribution in [3.63, 3.8) is 0 Å². The SMILES string of the molecule is Cc1ccc(-c2ccc(-c3ccc4c5c(cccc35)-c3ccccc3-4)cc2)cc1.N=C(c1ccccc1)c1ccccc1N. The summed E-state index contributed by atoms with van der Waals surface area (Å²) in [4.78, 5) is 0. The molecular weight excluding hydrogens is 532 g/mol. The lowest BCUT2D eigenvalue weighted by molar-refractivity contribution is 1.46. The lowest BCUT2D eigenvalue weighted by Crippen LogP contribution is -2.04. The Bertz CT molecular complexity index is 2090. The van der Waals surface area contributed by atoms with E-state index in [1.54, 1.807) is 0 Å². The third kappa shape index (κ3) is 4.97. The Kier molecular flexibility index (Phi) is 7.09. The molecule has 0 spiro atoms. The predicted molar refractivity (Wildman–Crippen MR) is 187 cm³/mol. The van der Waals surface area contributed by atoms with Gasteiger partial charge in [-0.05, 0) is 68.3 Å². The Morgan fingerprint density at radius 3 is 1.66 bits per heavy atom. The van der Waals surface area contributed by atoms with Crippen LogP contribution >= 0.6 is 0 Å². The number of nitrogens with two attached hydrogens (primary N) is 1. The van der Waals surface area contributed by atoms with E-state index >= 15 is 0 Å². The van der Waals surface area contributed by atoms with E-state index in [0.29, 0.717) is 11.4 Å². The molecule has 210 valence electrons. The van der Waals surface area contributed by atoms with Crippen molar-refractivity contribution in [1.29, 1.82) is 5.41 Å². The molecule has 0 saturated heterocycles. The Morgan fingerprint density at radius 2 is 0.977 bits per heavy atom. The maximum atomic E-state index is 8.03. The zero-order valence-electron chi connectivity index (χ0n) is 24.6. The van der Waals surface area contributed by atoms with Crippen molar-refractivity contribution in [1.82, 2.24) is 0 Å². The fourth-order valence-electron chi connectivity index (χ4n) is 6.13. The van der Waals surface area contributed by atoms with E-state index in [1.807, 2.05) is 54.6 Å². The van der Waals surface area contributed by atoms with Crippen LogP contribution < -0.4 is 5.73 Å². The molecule has 7 aromatic rings. The second-order valence-electron chi connectivity index (χ2n) is 11.2. The molecular formula is C42H32N2. The van der Waals surface area contributed by atoms with Gasteiger partial charge in [0.1, 0.15) is 0 Å². The van der Waals surface area contributed by atoms with Crippen LogP contribution in [0, 0.1) is 12.3 Å². The molecule has 7 aromatic carbocycles. The van der Waals surface area contributed by atoms with Crippen LogP contribution in [0.5, 0.6) is 0 Å². The van der Waals surface area contributed by atoms with Crippen molar-refractivity contribution < 1.29 is 0 Å². The molecule has 1 aliphatic rings. The van der Waals surface area contributed by atoms with Crippen molar-refractivity contribution in [2.24, 2.45) is 0 Å². The van der Waals surface area contributed by atoms with Gasteiger partial charge in [0.15, 0.2) is 0 Å². The van der Waals surface area contributed by atoms with E-state index in [-0.39, 0.29) is 0 Å². The van der Waals surface area contributed by atoms with Crippen LogP contribution in [0.1, 0.15) is 16.7 Å². The van der Waals surface area contributed by atoms with Crippen molar-refractivity contribution >= 4 is 22.2 Å². The van der Waals surface area contributed by atoms with Gasteiger partial charge in [-0.3, -0.25) is 5.41 Å². The summed E-state index contributed by atoms with van der Waals surface area (Å²) >= 11 is 0. The summed E-state index contributed by atoms with van der Waals surface area (Å²) in [7, 11) is 0. The number of aryl methyl sites for hydroxylation is 1. The molecule has 0 heterocycles. The average Bonchev–Trinajstić information content (AvgIpc) is 3.41. The van der Waals surface area contributed by atoms with E-state index in [0.717, 1.165) is 11.1 Å². The minimum Gasteiger partial charge on any atom is -0.398 e. The molecule has 2 heteroatoms. The van der Waals surface area contributed by atoms with Crippen LogP contribution in [0.2, 0.25) is 0 Å². The summed E-state index contributed by atoms with van der Waals surface area (Å²) in [5.41, 5.74) is 20.4.